The van der Waals surface area contributed by atoms with Gasteiger partial charge in [-0.25, -0.2) is 4.98 Å². The molecule has 1 rings (SSSR count). The summed E-state index contributed by atoms with van der Waals surface area (Å²) < 4.78 is 0. The highest BCUT2D eigenvalue weighted by Crippen LogP contribution is 1.99. The van der Waals surface area contributed by atoms with Crippen molar-refractivity contribution >= 4 is 6.21 Å². The highest BCUT2D eigenvalue weighted by Gasteiger charge is 1.87. The van der Waals surface area contributed by atoms with Gasteiger partial charge in [-0.05, 0) is 6.92 Å². The summed E-state index contributed by atoms with van der Waals surface area (Å²) >= 11 is 0. The molecular formula is C6H7N3O. The van der Waals surface area contributed by atoms with Crippen LogP contribution in [0.15, 0.2) is 23.7 Å². The minimum Gasteiger partial charge on any atom is -0.335 e. The third-order valence-electron chi connectivity index (χ3n) is 0.791. The molecule has 0 saturated carbocycles. The molecule has 0 aliphatic heterocycles. The SMILES string of the molecule is CC=NOc1cnccn1. The fraction of sp³-hybridized carbons (Fsp3) is 0.167. The molecule has 4 nitrogen and oxygen atoms in total. The maximum Gasteiger partial charge on any atom is 0.267 e. The summed E-state index contributed by atoms with van der Waals surface area (Å²) in [4.78, 5) is 12.3. The maximum absolute atomic E-state index is 4.75. The second kappa shape index (κ2) is 3.55. The van der Waals surface area contributed by atoms with Crippen molar-refractivity contribution < 1.29 is 4.84 Å². The van der Waals surface area contributed by atoms with Gasteiger partial charge in [-0.15, -0.1) is 0 Å². The minimum absolute atomic E-state index is 0.403. The van der Waals surface area contributed by atoms with Crippen molar-refractivity contribution in [1.82, 2.24) is 9.97 Å². The van der Waals surface area contributed by atoms with Gasteiger partial charge in [-0.1, -0.05) is 5.16 Å². The van der Waals surface area contributed by atoms with E-state index in [2.05, 4.69) is 15.1 Å². The molecule has 0 bridgehead atoms. The molecule has 10 heavy (non-hydrogen) atoms. The Balaban J connectivity index is 2.59. The quantitative estimate of drug-likeness (QED) is 0.448. The maximum atomic E-state index is 4.75. The van der Waals surface area contributed by atoms with Gasteiger partial charge in [0.15, 0.2) is 0 Å². The lowest BCUT2D eigenvalue weighted by atomic mass is 10.7. The Morgan fingerprint density at radius 1 is 1.60 bits per heavy atom. The van der Waals surface area contributed by atoms with Gasteiger partial charge in [0.2, 0.25) is 0 Å². The van der Waals surface area contributed by atoms with Crippen LogP contribution in [0.25, 0.3) is 0 Å². The molecule has 0 aliphatic carbocycles. The van der Waals surface area contributed by atoms with E-state index in [0.717, 1.165) is 0 Å². The Labute approximate surface area is 58.6 Å². The van der Waals surface area contributed by atoms with Crippen molar-refractivity contribution in [3.05, 3.63) is 18.6 Å². The molecule has 52 valence electrons. The average Bonchev–Trinajstić information content (AvgIpc) is 2.03. The van der Waals surface area contributed by atoms with Crippen LogP contribution in [0.2, 0.25) is 0 Å². The lowest BCUT2D eigenvalue weighted by molar-refractivity contribution is 0.328. The number of hydrogen-bond acceptors (Lipinski definition) is 4. The Hall–Kier alpha value is -1.45. The Kier molecular flexibility index (Phi) is 2.37. The van der Waals surface area contributed by atoms with Crippen LogP contribution in [-0.2, 0) is 0 Å². The second-order valence-corrected chi connectivity index (χ2v) is 1.50. The standard InChI is InChI=1S/C6H7N3O/c1-2-9-10-6-5-7-3-4-8-6/h2-5H,1H3. The normalized spacial score (nSPS) is 10.1. The summed E-state index contributed by atoms with van der Waals surface area (Å²) in [5, 5.41) is 3.51. The van der Waals surface area contributed by atoms with Crippen molar-refractivity contribution in [2.75, 3.05) is 0 Å². The zero-order chi connectivity index (χ0) is 7.23. The van der Waals surface area contributed by atoms with Crippen LogP contribution >= 0.6 is 0 Å². The Morgan fingerprint density at radius 2 is 2.50 bits per heavy atom. The fourth-order valence-corrected chi connectivity index (χ4v) is 0.439. The van der Waals surface area contributed by atoms with Gasteiger partial charge in [-0.2, -0.15) is 0 Å². The van der Waals surface area contributed by atoms with E-state index >= 15 is 0 Å². The Morgan fingerprint density at radius 3 is 3.10 bits per heavy atom. The van der Waals surface area contributed by atoms with E-state index in [-0.39, 0.29) is 0 Å². The first-order chi connectivity index (χ1) is 4.93. The number of aromatic nitrogens is 2. The fourth-order valence-electron chi connectivity index (χ4n) is 0.439. The van der Waals surface area contributed by atoms with Gasteiger partial charge in [0.05, 0.1) is 6.20 Å². The molecule has 1 heterocycles. The number of rotatable bonds is 2. The van der Waals surface area contributed by atoms with Crippen molar-refractivity contribution in [1.29, 1.82) is 0 Å². The largest absolute Gasteiger partial charge is 0.335 e. The lowest BCUT2D eigenvalue weighted by Gasteiger charge is -1.91. The van der Waals surface area contributed by atoms with Crippen molar-refractivity contribution in [3.63, 3.8) is 0 Å². The van der Waals surface area contributed by atoms with Crippen LogP contribution in [-0.4, -0.2) is 16.2 Å². The number of hydrogen-bond donors (Lipinski definition) is 0. The third-order valence-corrected chi connectivity index (χ3v) is 0.791. The highest BCUT2D eigenvalue weighted by atomic mass is 16.6. The van der Waals surface area contributed by atoms with E-state index in [1.54, 1.807) is 19.3 Å². The smallest absolute Gasteiger partial charge is 0.267 e. The molecule has 0 fully saturated rings. The highest BCUT2D eigenvalue weighted by molar-refractivity contribution is 5.52. The molecule has 0 unspecified atom stereocenters. The molecule has 1 aromatic heterocycles. The van der Waals surface area contributed by atoms with Gasteiger partial charge < -0.3 is 4.84 Å². The van der Waals surface area contributed by atoms with E-state index in [0.29, 0.717) is 5.88 Å². The minimum atomic E-state index is 0.403. The second-order valence-electron chi connectivity index (χ2n) is 1.50. The van der Waals surface area contributed by atoms with E-state index < -0.39 is 0 Å². The number of oxime groups is 1. The van der Waals surface area contributed by atoms with E-state index in [4.69, 9.17) is 4.84 Å². The van der Waals surface area contributed by atoms with Gasteiger partial charge >= 0.3 is 0 Å². The Bertz CT molecular complexity index is 209. The van der Waals surface area contributed by atoms with Crippen LogP contribution in [0.5, 0.6) is 5.88 Å². The van der Waals surface area contributed by atoms with Gasteiger partial charge in [-0.3, -0.25) is 4.98 Å². The molecule has 0 spiro atoms. The summed E-state index contributed by atoms with van der Waals surface area (Å²) in [5.74, 6) is 0.403. The molecule has 0 radical (unpaired) electrons. The zero-order valence-corrected chi connectivity index (χ0v) is 5.56. The molecule has 0 aromatic carbocycles. The molecule has 0 atom stereocenters. The van der Waals surface area contributed by atoms with Crippen molar-refractivity contribution in [2.45, 2.75) is 6.92 Å². The van der Waals surface area contributed by atoms with Crippen molar-refractivity contribution in [2.24, 2.45) is 5.16 Å². The molecule has 0 N–H and O–H groups in total. The van der Waals surface area contributed by atoms with Crippen LogP contribution in [0.4, 0.5) is 0 Å². The number of nitrogens with zero attached hydrogens (tertiary/aromatic N) is 3. The van der Waals surface area contributed by atoms with Crippen LogP contribution in [0.1, 0.15) is 6.92 Å². The zero-order valence-electron chi connectivity index (χ0n) is 5.56. The van der Waals surface area contributed by atoms with Crippen LogP contribution < -0.4 is 4.84 Å². The van der Waals surface area contributed by atoms with E-state index in [1.807, 2.05) is 0 Å². The predicted molar refractivity (Wildman–Crippen MR) is 36.8 cm³/mol. The topological polar surface area (TPSA) is 47.4 Å². The lowest BCUT2D eigenvalue weighted by Crippen LogP contribution is -1.86. The monoisotopic (exact) mass is 137 g/mol. The summed E-state index contributed by atoms with van der Waals surface area (Å²) in [6, 6.07) is 0. The average molecular weight is 137 g/mol. The molecule has 1 aromatic rings. The summed E-state index contributed by atoms with van der Waals surface area (Å²) in [5.41, 5.74) is 0. The van der Waals surface area contributed by atoms with Gasteiger partial charge in [0.1, 0.15) is 0 Å². The summed E-state index contributed by atoms with van der Waals surface area (Å²) in [6.45, 7) is 1.76. The third kappa shape index (κ3) is 1.81. The van der Waals surface area contributed by atoms with Crippen molar-refractivity contribution in [3.8, 4) is 5.88 Å². The molecule has 0 amide bonds. The summed E-state index contributed by atoms with van der Waals surface area (Å²) in [6.07, 6.45) is 6.14. The van der Waals surface area contributed by atoms with Gasteiger partial charge in [0.25, 0.3) is 5.88 Å². The predicted octanol–water partition coefficient (Wildman–Crippen LogP) is 0.861. The first-order valence-electron chi connectivity index (χ1n) is 2.84. The molecule has 0 aliphatic rings. The first-order valence-corrected chi connectivity index (χ1v) is 2.84. The molecular weight excluding hydrogens is 130 g/mol. The van der Waals surface area contributed by atoms with Crippen LogP contribution in [0.3, 0.4) is 0 Å². The summed E-state index contributed by atoms with van der Waals surface area (Å²) in [7, 11) is 0. The van der Waals surface area contributed by atoms with E-state index in [1.165, 1.54) is 12.4 Å². The first kappa shape index (κ1) is 6.67. The van der Waals surface area contributed by atoms with E-state index in [9.17, 15) is 0 Å². The van der Waals surface area contributed by atoms with Crippen LogP contribution in [0, 0.1) is 0 Å². The molecule has 4 heteroatoms. The van der Waals surface area contributed by atoms with Gasteiger partial charge in [0, 0.05) is 18.6 Å². The molecule has 0 saturated heterocycles.